The zero-order valence-electron chi connectivity index (χ0n) is 19.1. The number of aromatic nitrogens is 6. The molecule has 32 heavy (non-hydrogen) atoms. The fourth-order valence-electron chi connectivity index (χ4n) is 3.75. The third-order valence-electron chi connectivity index (χ3n) is 5.46. The summed E-state index contributed by atoms with van der Waals surface area (Å²) in [5.74, 6) is 0.732. The topological polar surface area (TPSA) is 85.0 Å². The molecule has 168 valence electrons. The quantitative estimate of drug-likeness (QED) is 0.417. The van der Waals surface area contributed by atoms with Crippen LogP contribution in [0, 0.1) is 6.92 Å². The van der Waals surface area contributed by atoms with Gasteiger partial charge in [0.2, 0.25) is 0 Å². The van der Waals surface area contributed by atoms with E-state index in [1.54, 1.807) is 6.20 Å². The van der Waals surface area contributed by atoms with Crippen molar-refractivity contribution in [2.75, 3.05) is 18.4 Å². The number of nitrogens with one attached hydrogen (secondary N) is 2. The highest BCUT2D eigenvalue weighted by atomic mass is 32.1. The van der Waals surface area contributed by atoms with E-state index in [0.717, 1.165) is 65.9 Å². The van der Waals surface area contributed by atoms with Crippen molar-refractivity contribution in [2.24, 2.45) is 0 Å². The van der Waals surface area contributed by atoms with Gasteiger partial charge in [-0.1, -0.05) is 25.5 Å². The summed E-state index contributed by atoms with van der Waals surface area (Å²) in [6.07, 6.45) is 13.8. The van der Waals surface area contributed by atoms with Crippen molar-refractivity contribution in [2.45, 2.75) is 47.1 Å². The smallest absolute Gasteiger partial charge is 0.180 e. The molecule has 0 fully saturated rings. The lowest BCUT2D eigenvalue weighted by atomic mass is 10.0. The first-order chi connectivity index (χ1) is 15.7. The normalized spacial score (nSPS) is 13.6. The van der Waals surface area contributed by atoms with Crippen LogP contribution in [0.3, 0.4) is 0 Å². The molecule has 8 nitrogen and oxygen atoms in total. The highest BCUT2D eigenvalue weighted by Crippen LogP contribution is 2.32. The monoisotopic (exact) mass is 450 g/mol. The van der Waals surface area contributed by atoms with Crippen LogP contribution in [0.5, 0.6) is 0 Å². The summed E-state index contributed by atoms with van der Waals surface area (Å²) < 4.78 is 8.56. The van der Waals surface area contributed by atoms with Gasteiger partial charge in [0.15, 0.2) is 11.5 Å². The zero-order chi connectivity index (χ0) is 22.5. The molecule has 4 aromatic heterocycles. The minimum Gasteiger partial charge on any atom is -0.327 e. The molecule has 9 heteroatoms. The van der Waals surface area contributed by atoms with Crippen LogP contribution < -0.4 is 10.6 Å². The van der Waals surface area contributed by atoms with Gasteiger partial charge in [0.1, 0.15) is 5.00 Å². The molecule has 5 rings (SSSR count). The van der Waals surface area contributed by atoms with E-state index in [-0.39, 0.29) is 0 Å². The van der Waals surface area contributed by atoms with Crippen LogP contribution in [-0.4, -0.2) is 41.6 Å². The van der Waals surface area contributed by atoms with Crippen molar-refractivity contribution in [3.8, 4) is 11.3 Å². The average Bonchev–Trinajstić information content (AvgIpc) is 3.56. The Morgan fingerprint density at radius 2 is 2.09 bits per heavy atom. The second-order valence-electron chi connectivity index (χ2n) is 7.39. The van der Waals surface area contributed by atoms with Gasteiger partial charge in [-0.2, -0.15) is 9.47 Å². The Balaban J connectivity index is 0.00000119. The highest BCUT2D eigenvalue weighted by Gasteiger charge is 2.17. The highest BCUT2D eigenvalue weighted by molar-refractivity contribution is 7.10. The van der Waals surface area contributed by atoms with Crippen molar-refractivity contribution in [1.29, 1.82) is 0 Å². The van der Waals surface area contributed by atoms with Gasteiger partial charge < -0.3 is 10.6 Å². The number of fused-ring (bicyclic) bond motifs is 1. The second kappa shape index (κ2) is 10.1. The number of anilines is 2. The largest absolute Gasteiger partial charge is 0.327 e. The number of rotatable bonds is 6. The molecule has 4 aromatic rings. The van der Waals surface area contributed by atoms with E-state index < -0.39 is 0 Å². The Labute approximate surface area is 192 Å². The molecule has 0 spiro atoms. The predicted octanol–water partition coefficient (Wildman–Crippen LogP) is 4.61. The predicted molar refractivity (Wildman–Crippen MR) is 131 cm³/mol. The minimum absolute atomic E-state index is 0.732. The molecular formula is C23H30N8S. The van der Waals surface area contributed by atoms with Crippen LogP contribution in [0.1, 0.15) is 38.4 Å². The molecule has 0 saturated heterocycles. The Kier molecular flexibility index (Phi) is 6.96. The Morgan fingerprint density at radius 1 is 1.22 bits per heavy atom. The number of imidazole rings is 1. The SMILES string of the molecule is CC.CCn1cc(-c2cnc3c(Nc4snc(C)c4CC4=CCNCC4)nccn23)cn1. The number of nitrogens with zero attached hydrogens (tertiary/aromatic N) is 6. The van der Waals surface area contributed by atoms with Gasteiger partial charge in [-0.05, 0) is 44.8 Å². The van der Waals surface area contributed by atoms with E-state index in [2.05, 4.69) is 54.4 Å². The van der Waals surface area contributed by atoms with E-state index in [1.807, 2.05) is 43.3 Å². The van der Waals surface area contributed by atoms with Gasteiger partial charge in [0.25, 0.3) is 0 Å². The summed E-state index contributed by atoms with van der Waals surface area (Å²) >= 11 is 1.48. The van der Waals surface area contributed by atoms with Crippen LogP contribution in [0.15, 0.2) is 42.6 Å². The molecule has 2 N–H and O–H groups in total. The van der Waals surface area contributed by atoms with Gasteiger partial charge in [0.05, 0.1) is 23.8 Å². The van der Waals surface area contributed by atoms with E-state index in [1.165, 1.54) is 22.7 Å². The molecule has 1 aliphatic heterocycles. The second-order valence-corrected chi connectivity index (χ2v) is 8.16. The fourth-order valence-corrected chi connectivity index (χ4v) is 4.56. The maximum Gasteiger partial charge on any atom is 0.180 e. The summed E-state index contributed by atoms with van der Waals surface area (Å²) in [5.41, 5.74) is 6.60. The van der Waals surface area contributed by atoms with Crippen molar-refractivity contribution in [3.63, 3.8) is 0 Å². The van der Waals surface area contributed by atoms with Crippen molar-refractivity contribution in [3.05, 3.63) is 53.9 Å². The molecule has 0 radical (unpaired) electrons. The van der Waals surface area contributed by atoms with Crippen LogP contribution in [0.25, 0.3) is 16.9 Å². The van der Waals surface area contributed by atoms with E-state index in [9.17, 15) is 0 Å². The third kappa shape index (κ3) is 4.44. The molecular weight excluding hydrogens is 420 g/mol. The fraction of sp³-hybridized carbons (Fsp3) is 0.391. The first-order valence-corrected chi connectivity index (χ1v) is 12.0. The molecule has 0 unspecified atom stereocenters. The van der Waals surface area contributed by atoms with Gasteiger partial charge in [-0.25, -0.2) is 9.97 Å². The van der Waals surface area contributed by atoms with E-state index in [4.69, 9.17) is 0 Å². The lowest BCUT2D eigenvalue weighted by molar-refractivity contribution is 0.660. The maximum absolute atomic E-state index is 4.64. The van der Waals surface area contributed by atoms with Crippen LogP contribution in [0.2, 0.25) is 0 Å². The molecule has 0 bridgehead atoms. The summed E-state index contributed by atoms with van der Waals surface area (Å²) in [4.78, 5) is 9.21. The van der Waals surface area contributed by atoms with Crippen LogP contribution >= 0.6 is 11.5 Å². The summed E-state index contributed by atoms with van der Waals surface area (Å²) in [5, 5.41) is 12.3. The van der Waals surface area contributed by atoms with Gasteiger partial charge in [-0.3, -0.25) is 9.08 Å². The Morgan fingerprint density at radius 3 is 2.84 bits per heavy atom. The summed E-state index contributed by atoms with van der Waals surface area (Å²) in [6, 6.07) is 0. The third-order valence-corrected chi connectivity index (χ3v) is 6.36. The number of aryl methyl sites for hydroxylation is 2. The van der Waals surface area contributed by atoms with Crippen molar-refractivity contribution < 1.29 is 0 Å². The standard InChI is InChI=1S/C21H24N8S.C2H6/c1-3-28-13-16(11-25-28)18-12-24-20-19(23-8-9-29(18)20)26-21-17(14(2)27-30-21)10-15-4-6-22-7-5-15;1-2/h4,8-9,11-13,22H,3,5-7,10H2,1-2H3,(H,23,26);1-2H3. The lowest BCUT2D eigenvalue weighted by Crippen LogP contribution is -2.21. The molecule has 0 amide bonds. The van der Waals surface area contributed by atoms with Gasteiger partial charge >= 0.3 is 0 Å². The van der Waals surface area contributed by atoms with Crippen LogP contribution in [-0.2, 0) is 13.0 Å². The van der Waals surface area contributed by atoms with E-state index in [0.29, 0.717) is 0 Å². The first-order valence-electron chi connectivity index (χ1n) is 11.2. The molecule has 0 atom stereocenters. The van der Waals surface area contributed by atoms with Crippen molar-refractivity contribution in [1.82, 2.24) is 33.8 Å². The minimum atomic E-state index is 0.732. The molecule has 0 aliphatic carbocycles. The molecule has 0 aromatic carbocycles. The van der Waals surface area contributed by atoms with Crippen molar-refractivity contribution >= 4 is 28.0 Å². The molecule has 1 aliphatic rings. The first kappa shape index (κ1) is 22.2. The molecule has 0 saturated carbocycles. The van der Waals surface area contributed by atoms with E-state index >= 15 is 0 Å². The van der Waals surface area contributed by atoms with Gasteiger partial charge in [0, 0.05) is 42.8 Å². The van der Waals surface area contributed by atoms with Crippen LogP contribution in [0.4, 0.5) is 10.8 Å². The van der Waals surface area contributed by atoms with Gasteiger partial charge in [-0.15, -0.1) is 0 Å². The maximum atomic E-state index is 4.64. The summed E-state index contributed by atoms with van der Waals surface area (Å²) in [7, 11) is 0. The lowest BCUT2D eigenvalue weighted by Gasteiger charge is -2.15. The Bertz CT molecular complexity index is 1220. The zero-order valence-corrected chi connectivity index (χ0v) is 19.9. The summed E-state index contributed by atoms with van der Waals surface area (Å²) in [6.45, 7) is 11.0. The number of hydrogen-bond donors (Lipinski definition) is 2. The Hall–Kier alpha value is -3.04. The average molecular weight is 451 g/mol. The number of hydrogen-bond acceptors (Lipinski definition) is 7. The molecule has 5 heterocycles.